The minimum atomic E-state index is -0.707. The molecule has 2 N–H and O–H groups in total. The number of carbonyl (C=O) groups excluding carboxylic acids is 3. The van der Waals surface area contributed by atoms with Crippen molar-refractivity contribution < 1.29 is 24.8 Å². The van der Waals surface area contributed by atoms with Crippen LogP contribution in [0.25, 0.3) is 0 Å². The molecule has 2 rings (SSSR count). The number of aryl methyl sites for hydroxylation is 1. The number of unbranched alkanes of at least 4 members (excludes halogenated alkanes) is 1. The van der Waals surface area contributed by atoms with Crippen molar-refractivity contribution in [1.82, 2.24) is 14.7 Å². The maximum Gasteiger partial charge on any atom is 0.270 e. The van der Waals surface area contributed by atoms with E-state index in [9.17, 15) is 24.8 Å². The fourth-order valence-corrected chi connectivity index (χ4v) is 3.39. The summed E-state index contributed by atoms with van der Waals surface area (Å²) in [4.78, 5) is 41.9. The van der Waals surface area contributed by atoms with Crippen molar-refractivity contribution in [2.45, 2.75) is 52.0 Å². The molecule has 1 aromatic rings. The van der Waals surface area contributed by atoms with Crippen LogP contribution in [0.5, 0.6) is 0 Å². The van der Waals surface area contributed by atoms with Gasteiger partial charge in [-0.15, -0.1) is 0 Å². The smallest absolute Gasteiger partial charge is 0.270 e. The third-order valence-electron chi connectivity index (χ3n) is 4.89. The molecule has 2 heterocycles. The van der Waals surface area contributed by atoms with Gasteiger partial charge in [0.1, 0.15) is 6.04 Å². The van der Waals surface area contributed by atoms with Gasteiger partial charge in [0.15, 0.2) is 5.49 Å². The summed E-state index contributed by atoms with van der Waals surface area (Å²) in [6.45, 7) is 4.11. The van der Waals surface area contributed by atoms with Crippen LogP contribution in [0.1, 0.15) is 44.6 Å². The molecule has 2 atom stereocenters. The molecule has 154 valence electrons. The first-order valence-corrected chi connectivity index (χ1v) is 9.55. The van der Waals surface area contributed by atoms with Gasteiger partial charge in [-0.3, -0.25) is 19.6 Å². The summed E-state index contributed by atoms with van der Waals surface area (Å²) >= 11 is 0. The maximum atomic E-state index is 13.0. The van der Waals surface area contributed by atoms with Crippen LogP contribution < -0.4 is 5.49 Å². The average Bonchev–Trinajstić information content (AvgIpc) is 3.16. The summed E-state index contributed by atoms with van der Waals surface area (Å²) in [5, 5.41) is 19.9. The third-order valence-corrected chi connectivity index (χ3v) is 4.89. The number of likely N-dealkylation sites (tertiary alicyclic amines) is 1. The van der Waals surface area contributed by atoms with Gasteiger partial charge in [-0.2, -0.15) is 9.72 Å². The van der Waals surface area contributed by atoms with Gasteiger partial charge < -0.3 is 10.1 Å². The Labute approximate surface area is 163 Å². The zero-order valence-electron chi connectivity index (χ0n) is 16.3. The van der Waals surface area contributed by atoms with Gasteiger partial charge in [0.2, 0.25) is 12.3 Å². The Balaban J connectivity index is 2.20. The molecule has 1 aromatic heterocycles. The number of rotatable bonds is 8. The molecule has 0 aromatic carbocycles. The lowest BCUT2D eigenvalue weighted by atomic mass is 9.99. The number of pyridine rings is 1. The SMILES string of the molecule is CCCC[C@H](CN(O)C=O)C(=O)N1CCC[C@H]1C(=O)N=c1ccc(C)cn1O. The fourth-order valence-electron chi connectivity index (χ4n) is 3.39. The molecule has 28 heavy (non-hydrogen) atoms. The molecule has 0 spiro atoms. The number of amides is 3. The second-order valence-electron chi connectivity index (χ2n) is 7.12. The van der Waals surface area contributed by atoms with E-state index in [1.807, 2.05) is 6.92 Å². The van der Waals surface area contributed by atoms with Gasteiger partial charge in [0.25, 0.3) is 5.91 Å². The van der Waals surface area contributed by atoms with E-state index < -0.39 is 17.9 Å². The molecule has 1 aliphatic rings. The first-order valence-electron chi connectivity index (χ1n) is 9.55. The highest BCUT2D eigenvalue weighted by molar-refractivity contribution is 5.89. The summed E-state index contributed by atoms with van der Waals surface area (Å²) < 4.78 is 0.784. The van der Waals surface area contributed by atoms with Crippen LogP contribution in [-0.2, 0) is 14.4 Å². The van der Waals surface area contributed by atoms with Crippen LogP contribution in [0.4, 0.5) is 0 Å². The Kier molecular flexibility index (Phi) is 7.74. The molecule has 1 aliphatic heterocycles. The number of hydrogen-bond donors (Lipinski definition) is 2. The highest BCUT2D eigenvalue weighted by atomic mass is 16.5. The minimum absolute atomic E-state index is 0.0971. The number of aromatic nitrogens is 1. The van der Waals surface area contributed by atoms with Gasteiger partial charge in [-0.1, -0.05) is 25.8 Å². The molecular weight excluding hydrogens is 364 g/mol. The van der Waals surface area contributed by atoms with Gasteiger partial charge in [0.05, 0.1) is 12.5 Å². The lowest BCUT2D eigenvalue weighted by Crippen LogP contribution is -2.46. The predicted molar refractivity (Wildman–Crippen MR) is 99.2 cm³/mol. The topological polar surface area (TPSA) is 115 Å². The van der Waals surface area contributed by atoms with E-state index in [4.69, 9.17) is 0 Å². The molecule has 0 saturated carbocycles. The van der Waals surface area contributed by atoms with Crippen molar-refractivity contribution in [1.29, 1.82) is 0 Å². The normalized spacial score (nSPS) is 18.2. The first-order chi connectivity index (χ1) is 13.4. The van der Waals surface area contributed by atoms with E-state index in [0.717, 1.165) is 23.1 Å². The van der Waals surface area contributed by atoms with Crippen molar-refractivity contribution >= 4 is 18.2 Å². The molecule has 1 fully saturated rings. The van der Waals surface area contributed by atoms with Crippen molar-refractivity contribution in [3.63, 3.8) is 0 Å². The van der Waals surface area contributed by atoms with Crippen molar-refractivity contribution in [3.8, 4) is 0 Å². The molecule has 0 radical (unpaired) electrons. The molecule has 9 nitrogen and oxygen atoms in total. The van der Waals surface area contributed by atoms with Crippen molar-refractivity contribution in [2.24, 2.45) is 10.9 Å². The summed E-state index contributed by atoms with van der Waals surface area (Å²) in [5.41, 5.74) is 0.911. The van der Waals surface area contributed by atoms with E-state index in [2.05, 4.69) is 4.99 Å². The third kappa shape index (κ3) is 5.41. The molecule has 1 saturated heterocycles. The average molecular weight is 392 g/mol. The molecular formula is C19H28N4O5. The zero-order chi connectivity index (χ0) is 20.7. The molecule has 0 bridgehead atoms. The van der Waals surface area contributed by atoms with Gasteiger partial charge in [-0.05, 0) is 37.8 Å². The number of nitrogens with zero attached hydrogens (tertiary/aromatic N) is 4. The van der Waals surface area contributed by atoms with Crippen LogP contribution in [-0.4, -0.2) is 62.5 Å². The lowest BCUT2D eigenvalue weighted by molar-refractivity contribution is -0.157. The van der Waals surface area contributed by atoms with E-state index >= 15 is 0 Å². The molecule has 9 heteroatoms. The molecule has 3 amide bonds. The monoisotopic (exact) mass is 392 g/mol. The van der Waals surface area contributed by atoms with Crippen LogP contribution in [0.3, 0.4) is 0 Å². The Hall–Kier alpha value is -2.68. The number of hydrogen-bond acceptors (Lipinski definition) is 5. The first kappa shape index (κ1) is 21.6. The molecule has 0 unspecified atom stereocenters. The van der Waals surface area contributed by atoms with Crippen molar-refractivity contribution in [3.05, 3.63) is 29.4 Å². The van der Waals surface area contributed by atoms with Crippen LogP contribution in [0, 0.1) is 12.8 Å². The zero-order valence-corrected chi connectivity index (χ0v) is 16.3. The van der Waals surface area contributed by atoms with E-state index in [1.54, 1.807) is 13.0 Å². The summed E-state index contributed by atoms with van der Waals surface area (Å²) in [6.07, 6.45) is 5.03. The number of hydroxylamine groups is 2. The standard InChI is InChI=1S/C19H28N4O5/c1-3-4-6-15(12-21(27)13-24)19(26)22-10-5-7-16(22)18(25)20-17-9-8-14(2)11-23(17)28/h8-9,11,13,15-16,27-28H,3-7,10,12H2,1-2H3/t15-,16+/m1/s1. The predicted octanol–water partition coefficient (Wildman–Crippen LogP) is 1.11. The Morgan fingerprint density at radius 3 is 2.82 bits per heavy atom. The number of carbonyl (C=O) groups is 3. The van der Waals surface area contributed by atoms with Gasteiger partial charge >= 0.3 is 0 Å². The van der Waals surface area contributed by atoms with E-state index in [1.165, 1.54) is 17.2 Å². The van der Waals surface area contributed by atoms with Crippen LogP contribution in [0.15, 0.2) is 23.3 Å². The quantitative estimate of drug-likeness (QED) is 0.298. The van der Waals surface area contributed by atoms with E-state index in [0.29, 0.717) is 30.9 Å². The minimum Gasteiger partial charge on any atom is -0.427 e. The Bertz CT molecular complexity index is 776. The summed E-state index contributed by atoms with van der Waals surface area (Å²) in [6, 6.07) is 2.56. The Morgan fingerprint density at radius 2 is 2.18 bits per heavy atom. The maximum absolute atomic E-state index is 13.0. The largest absolute Gasteiger partial charge is 0.427 e. The van der Waals surface area contributed by atoms with Gasteiger partial charge in [-0.25, -0.2) is 5.06 Å². The van der Waals surface area contributed by atoms with Crippen molar-refractivity contribution in [2.75, 3.05) is 13.1 Å². The highest BCUT2D eigenvalue weighted by Gasteiger charge is 2.37. The fraction of sp³-hybridized carbons (Fsp3) is 0.579. The second-order valence-corrected chi connectivity index (χ2v) is 7.12. The van der Waals surface area contributed by atoms with Crippen LogP contribution in [0.2, 0.25) is 0 Å². The molecule has 0 aliphatic carbocycles. The van der Waals surface area contributed by atoms with Gasteiger partial charge in [0, 0.05) is 12.7 Å². The Morgan fingerprint density at radius 1 is 1.43 bits per heavy atom. The highest BCUT2D eigenvalue weighted by Crippen LogP contribution is 2.23. The lowest BCUT2D eigenvalue weighted by Gasteiger charge is -2.28. The second kappa shape index (κ2) is 10.0. The summed E-state index contributed by atoms with van der Waals surface area (Å²) in [7, 11) is 0. The van der Waals surface area contributed by atoms with E-state index in [-0.39, 0.29) is 24.3 Å². The summed E-state index contributed by atoms with van der Waals surface area (Å²) in [5.74, 6) is -1.34. The van der Waals surface area contributed by atoms with Crippen LogP contribution >= 0.6 is 0 Å².